The minimum absolute atomic E-state index is 0.0371. The van der Waals surface area contributed by atoms with E-state index < -0.39 is 10.0 Å². The van der Waals surface area contributed by atoms with E-state index in [9.17, 15) is 8.42 Å². The summed E-state index contributed by atoms with van der Waals surface area (Å²) in [6.45, 7) is 2.49. The van der Waals surface area contributed by atoms with Gasteiger partial charge in [0, 0.05) is 11.0 Å². The second-order valence-electron chi connectivity index (χ2n) is 4.89. The standard InChI is InChI=1S/C16H18BrNO3S/c1-13-4-2-3-5-16(13)21-11-10-18-22(19,20)12-14-6-8-15(17)9-7-14/h2-9,18H,10-12H2,1H3. The van der Waals surface area contributed by atoms with Crippen LogP contribution in [0.3, 0.4) is 0 Å². The Kier molecular flexibility index (Phi) is 5.99. The Bertz CT molecular complexity index is 714. The molecular formula is C16H18BrNO3S. The molecule has 1 N–H and O–H groups in total. The maximum Gasteiger partial charge on any atom is 0.215 e. The van der Waals surface area contributed by atoms with Crippen LogP contribution in [0.2, 0.25) is 0 Å². The van der Waals surface area contributed by atoms with Crippen molar-refractivity contribution in [3.8, 4) is 5.75 Å². The lowest BCUT2D eigenvalue weighted by molar-refractivity contribution is 0.320. The summed E-state index contributed by atoms with van der Waals surface area (Å²) < 4.78 is 33.0. The molecule has 0 amide bonds. The SMILES string of the molecule is Cc1ccccc1OCCNS(=O)(=O)Cc1ccc(Br)cc1. The van der Waals surface area contributed by atoms with E-state index in [1.54, 1.807) is 12.1 Å². The Morgan fingerprint density at radius 1 is 1.09 bits per heavy atom. The van der Waals surface area contributed by atoms with Crippen LogP contribution < -0.4 is 9.46 Å². The largest absolute Gasteiger partial charge is 0.492 e. The Morgan fingerprint density at radius 2 is 1.77 bits per heavy atom. The van der Waals surface area contributed by atoms with Crippen LogP contribution >= 0.6 is 15.9 Å². The van der Waals surface area contributed by atoms with Crippen molar-refractivity contribution in [1.82, 2.24) is 4.72 Å². The number of sulfonamides is 1. The highest BCUT2D eigenvalue weighted by atomic mass is 79.9. The summed E-state index contributed by atoms with van der Waals surface area (Å²) in [6.07, 6.45) is 0. The van der Waals surface area contributed by atoms with Crippen molar-refractivity contribution in [3.05, 3.63) is 64.1 Å². The third-order valence-corrected chi connectivity index (χ3v) is 4.93. The molecule has 2 aromatic rings. The van der Waals surface area contributed by atoms with E-state index >= 15 is 0 Å². The molecule has 0 saturated carbocycles. The molecule has 0 bridgehead atoms. The van der Waals surface area contributed by atoms with Crippen LogP contribution in [0, 0.1) is 6.92 Å². The molecule has 22 heavy (non-hydrogen) atoms. The van der Waals surface area contributed by atoms with Crippen molar-refractivity contribution in [2.75, 3.05) is 13.2 Å². The van der Waals surface area contributed by atoms with Crippen molar-refractivity contribution in [2.45, 2.75) is 12.7 Å². The zero-order valence-corrected chi connectivity index (χ0v) is 14.7. The Morgan fingerprint density at radius 3 is 2.45 bits per heavy atom. The van der Waals surface area contributed by atoms with Gasteiger partial charge in [-0.2, -0.15) is 0 Å². The summed E-state index contributed by atoms with van der Waals surface area (Å²) in [4.78, 5) is 0. The molecule has 0 radical (unpaired) electrons. The first-order chi connectivity index (χ1) is 10.5. The predicted octanol–water partition coefficient (Wildman–Crippen LogP) is 3.26. The number of aryl methyl sites for hydroxylation is 1. The molecule has 0 saturated heterocycles. The molecule has 0 aliphatic heterocycles. The first kappa shape index (κ1) is 17.0. The summed E-state index contributed by atoms with van der Waals surface area (Å²) in [5.41, 5.74) is 1.77. The molecule has 2 rings (SSSR count). The predicted molar refractivity (Wildman–Crippen MR) is 91.4 cm³/mol. The second-order valence-corrected chi connectivity index (χ2v) is 7.62. The second kappa shape index (κ2) is 7.76. The van der Waals surface area contributed by atoms with Gasteiger partial charge in [-0.05, 0) is 36.2 Å². The molecule has 0 atom stereocenters. The number of benzene rings is 2. The van der Waals surface area contributed by atoms with Gasteiger partial charge in [0.15, 0.2) is 0 Å². The summed E-state index contributed by atoms with van der Waals surface area (Å²) >= 11 is 3.32. The van der Waals surface area contributed by atoms with E-state index in [0.29, 0.717) is 6.61 Å². The fourth-order valence-electron chi connectivity index (χ4n) is 1.93. The van der Waals surface area contributed by atoms with Crippen LogP contribution in [-0.2, 0) is 15.8 Å². The summed E-state index contributed by atoms with van der Waals surface area (Å²) in [6, 6.07) is 14.9. The Hall–Kier alpha value is -1.37. The number of nitrogens with one attached hydrogen (secondary N) is 1. The maximum absolute atomic E-state index is 12.0. The molecule has 0 aliphatic carbocycles. The highest BCUT2D eigenvalue weighted by Gasteiger charge is 2.11. The first-order valence-electron chi connectivity index (χ1n) is 6.86. The Balaban J connectivity index is 1.80. The molecule has 118 valence electrons. The average molecular weight is 384 g/mol. The van der Waals surface area contributed by atoms with E-state index in [2.05, 4.69) is 20.7 Å². The molecule has 2 aromatic carbocycles. The fraction of sp³-hybridized carbons (Fsp3) is 0.250. The molecule has 0 spiro atoms. The molecule has 6 heteroatoms. The van der Waals surface area contributed by atoms with Gasteiger partial charge in [-0.25, -0.2) is 13.1 Å². The molecule has 0 unspecified atom stereocenters. The van der Waals surface area contributed by atoms with Gasteiger partial charge in [-0.1, -0.05) is 46.3 Å². The van der Waals surface area contributed by atoms with Crippen LogP contribution in [0.15, 0.2) is 53.0 Å². The van der Waals surface area contributed by atoms with Crippen molar-refractivity contribution < 1.29 is 13.2 Å². The summed E-state index contributed by atoms with van der Waals surface area (Å²) in [7, 11) is -3.36. The van der Waals surface area contributed by atoms with Gasteiger partial charge in [0.1, 0.15) is 12.4 Å². The van der Waals surface area contributed by atoms with Crippen molar-refractivity contribution >= 4 is 26.0 Å². The van der Waals surface area contributed by atoms with Gasteiger partial charge in [0.05, 0.1) is 5.75 Å². The minimum Gasteiger partial charge on any atom is -0.492 e. The van der Waals surface area contributed by atoms with Crippen LogP contribution in [0.25, 0.3) is 0 Å². The third-order valence-electron chi connectivity index (χ3n) is 3.05. The molecule has 0 aromatic heterocycles. The minimum atomic E-state index is -3.36. The number of rotatable bonds is 7. The van der Waals surface area contributed by atoms with Gasteiger partial charge in [-0.15, -0.1) is 0 Å². The number of hydrogen-bond acceptors (Lipinski definition) is 3. The van der Waals surface area contributed by atoms with E-state index in [1.807, 2.05) is 43.3 Å². The van der Waals surface area contributed by atoms with Gasteiger partial charge in [0.2, 0.25) is 10.0 Å². The number of ether oxygens (including phenoxy) is 1. The van der Waals surface area contributed by atoms with Gasteiger partial charge in [0.25, 0.3) is 0 Å². The summed E-state index contributed by atoms with van der Waals surface area (Å²) in [5.74, 6) is 0.736. The zero-order chi connectivity index (χ0) is 16.0. The van der Waals surface area contributed by atoms with Crippen LogP contribution in [-0.4, -0.2) is 21.6 Å². The van der Waals surface area contributed by atoms with Gasteiger partial charge < -0.3 is 4.74 Å². The quantitative estimate of drug-likeness (QED) is 0.746. The maximum atomic E-state index is 12.0. The van der Waals surface area contributed by atoms with Crippen molar-refractivity contribution in [3.63, 3.8) is 0 Å². The molecule has 4 nitrogen and oxygen atoms in total. The number of halogens is 1. The highest BCUT2D eigenvalue weighted by Crippen LogP contribution is 2.16. The summed E-state index contributed by atoms with van der Waals surface area (Å²) in [5, 5.41) is 0. The van der Waals surface area contributed by atoms with Crippen LogP contribution in [0.4, 0.5) is 0 Å². The number of para-hydroxylation sites is 1. The highest BCUT2D eigenvalue weighted by molar-refractivity contribution is 9.10. The Labute approximate surface area is 139 Å². The smallest absolute Gasteiger partial charge is 0.215 e. The zero-order valence-electron chi connectivity index (χ0n) is 12.3. The first-order valence-corrected chi connectivity index (χ1v) is 9.31. The number of hydrogen-bond donors (Lipinski definition) is 1. The third kappa shape index (κ3) is 5.44. The lowest BCUT2D eigenvalue weighted by atomic mass is 10.2. The molecular weight excluding hydrogens is 366 g/mol. The average Bonchev–Trinajstić information content (AvgIpc) is 2.47. The lowest BCUT2D eigenvalue weighted by Gasteiger charge is -2.10. The van der Waals surface area contributed by atoms with E-state index in [-0.39, 0.29) is 12.3 Å². The van der Waals surface area contributed by atoms with E-state index in [1.165, 1.54) is 0 Å². The molecule has 0 fully saturated rings. The fourth-order valence-corrected chi connectivity index (χ4v) is 3.32. The topological polar surface area (TPSA) is 55.4 Å². The normalized spacial score (nSPS) is 11.4. The van der Waals surface area contributed by atoms with Crippen molar-refractivity contribution in [2.24, 2.45) is 0 Å². The van der Waals surface area contributed by atoms with Gasteiger partial charge >= 0.3 is 0 Å². The molecule has 0 aliphatic rings. The van der Waals surface area contributed by atoms with E-state index in [0.717, 1.165) is 21.3 Å². The monoisotopic (exact) mass is 383 g/mol. The van der Waals surface area contributed by atoms with E-state index in [4.69, 9.17) is 4.74 Å². The lowest BCUT2D eigenvalue weighted by Crippen LogP contribution is -2.29. The van der Waals surface area contributed by atoms with Crippen molar-refractivity contribution in [1.29, 1.82) is 0 Å². The van der Waals surface area contributed by atoms with Crippen LogP contribution in [0.1, 0.15) is 11.1 Å². The van der Waals surface area contributed by atoms with Crippen LogP contribution in [0.5, 0.6) is 5.75 Å². The van der Waals surface area contributed by atoms with Gasteiger partial charge in [-0.3, -0.25) is 0 Å². The molecule has 0 heterocycles.